The number of hydrogen-bond donors (Lipinski definition) is 3. The first-order valence-corrected chi connectivity index (χ1v) is 18.7. The van der Waals surface area contributed by atoms with E-state index < -0.39 is 104 Å². The van der Waals surface area contributed by atoms with Gasteiger partial charge in [-0.1, -0.05) is 25.1 Å². The highest BCUT2D eigenvalue weighted by Crippen LogP contribution is 2.53. The molecule has 2 unspecified atom stereocenters. The summed E-state index contributed by atoms with van der Waals surface area (Å²) in [6, 6.07) is 7.76. The van der Waals surface area contributed by atoms with Gasteiger partial charge in [0.1, 0.15) is 43.5 Å². The van der Waals surface area contributed by atoms with Crippen molar-refractivity contribution in [2.45, 2.75) is 82.8 Å². The van der Waals surface area contributed by atoms with E-state index in [4.69, 9.17) is 37.8 Å². The number of carbonyl (C=O) groups excluding carboxylic acids is 1. The number of benzene rings is 1. The van der Waals surface area contributed by atoms with Crippen LogP contribution in [0.15, 0.2) is 55.8 Å². The van der Waals surface area contributed by atoms with Gasteiger partial charge < -0.3 is 24.1 Å². The molecule has 2 aromatic heterocycles. The van der Waals surface area contributed by atoms with Crippen LogP contribution in [0.4, 0.5) is 10.5 Å². The van der Waals surface area contributed by atoms with Crippen LogP contribution in [0.2, 0.25) is 0 Å². The van der Waals surface area contributed by atoms with Crippen molar-refractivity contribution >= 4 is 19.7 Å². The highest BCUT2D eigenvalue weighted by molar-refractivity contribution is 7.48. The van der Waals surface area contributed by atoms with Crippen molar-refractivity contribution < 1.29 is 51.9 Å². The third-order valence-corrected chi connectivity index (χ3v) is 10.4. The second-order valence-electron chi connectivity index (χ2n) is 12.9. The number of rotatable bonds is 16. The minimum absolute atomic E-state index is 0.160. The minimum atomic E-state index is -4.71. The van der Waals surface area contributed by atoms with Crippen LogP contribution in [0.5, 0.6) is 0 Å². The summed E-state index contributed by atoms with van der Waals surface area (Å²) in [5, 5.41) is 30.6. The van der Waals surface area contributed by atoms with Crippen LogP contribution in [-0.2, 0) is 37.1 Å². The molecule has 302 valence electrons. The summed E-state index contributed by atoms with van der Waals surface area (Å²) in [6.45, 7) is 2.43. The van der Waals surface area contributed by atoms with E-state index in [0.29, 0.717) is 5.56 Å². The molecule has 2 aliphatic heterocycles. The van der Waals surface area contributed by atoms with Crippen molar-refractivity contribution in [1.82, 2.24) is 19.1 Å². The lowest BCUT2D eigenvalue weighted by Crippen LogP contribution is -2.33. The van der Waals surface area contributed by atoms with Gasteiger partial charge in [-0.3, -0.25) is 52.4 Å². The first-order chi connectivity index (χ1) is 26.6. The molecule has 0 amide bonds. The van der Waals surface area contributed by atoms with Gasteiger partial charge in [-0.05, 0) is 13.8 Å². The number of phosphoric ester groups is 1. The molecule has 1 aromatic carbocycles. The quantitative estimate of drug-likeness (QED) is 0.0612. The third kappa shape index (κ3) is 9.93. The lowest BCUT2D eigenvalue weighted by molar-refractivity contribution is -0.385. The number of nitrogens with one attached hydrogen (secondary N) is 2. The summed E-state index contributed by atoms with van der Waals surface area (Å²) in [4.78, 5) is 77.4. The fourth-order valence-corrected chi connectivity index (χ4v) is 7.43. The molecule has 8 atom stereocenters. The van der Waals surface area contributed by atoms with Gasteiger partial charge in [0.2, 0.25) is 0 Å². The van der Waals surface area contributed by atoms with Gasteiger partial charge in [0, 0.05) is 53.9 Å². The Bertz CT molecular complexity index is 2250. The topological polar surface area (TPSA) is 296 Å². The molecule has 0 spiro atoms. The largest absolute Gasteiger partial charge is 0.508 e. The summed E-state index contributed by atoms with van der Waals surface area (Å²) >= 11 is 0. The molecule has 0 aliphatic carbocycles. The van der Waals surface area contributed by atoms with E-state index in [9.17, 15) is 43.8 Å². The molecule has 23 heteroatoms. The normalized spacial score (nSPS) is 23.6. The van der Waals surface area contributed by atoms with Crippen molar-refractivity contribution in [3.63, 3.8) is 0 Å². The lowest BCUT2D eigenvalue weighted by atomic mass is 10.0. The number of nitrogens with zero attached hydrogens (tertiary/aromatic N) is 4. The number of aromatic amines is 2. The molecule has 2 saturated heterocycles. The molecule has 3 aromatic rings. The minimum Gasteiger partial charge on any atom is -0.434 e. The number of carbonyl (C=O) groups is 1. The third-order valence-electron chi connectivity index (χ3n) is 8.94. The van der Waals surface area contributed by atoms with E-state index in [1.807, 2.05) is 6.07 Å². The van der Waals surface area contributed by atoms with Crippen LogP contribution in [-0.4, -0.2) is 86.1 Å². The summed E-state index contributed by atoms with van der Waals surface area (Å²) in [5.41, 5.74) is -2.41. The molecular weight excluding hydrogens is 767 g/mol. The summed E-state index contributed by atoms with van der Waals surface area (Å²) < 4.78 is 55.7. The number of para-hydroxylation sites is 1. The zero-order valence-corrected chi connectivity index (χ0v) is 31.2. The molecule has 3 N–H and O–H groups in total. The van der Waals surface area contributed by atoms with Crippen LogP contribution in [0.3, 0.4) is 0 Å². The SMILES string of the molecule is Cc1cn([C@H]2C[C@H](OC(=O)OCC(C)c3ccccc3[N+](=O)[O-])[C@@H](COP(=O)(OCCC#N)O[C@H]3C[C@H](n4cc(C)c(=O)[nH]c4=O)O[C@@H]3CO)O2)c(=O)[nH]c1=O. The van der Waals surface area contributed by atoms with Gasteiger partial charge in [0.05, 0.1) is 37.2 Å². The Morgan fingerprint density at radius 2 is 1.61 bits per heavy atom. The molecule has 5 rings (SSSR count). The molecule has 2 fully saturated rings. The smallest absolute Gasteiger partial charge is 0.434 e. The van der Waals surface area contributed by atoms with E-state index >= 15 is 0 Å². The molecule has 0 saturated carbocycles. The number of nitro groups is 1. The average molecular weight is 807 g/mol. The van der Waals surface area contributed by atoms with Gasteiger partial charge in [0.15, 0.2) is 0 Å². The lowest BCUT2D eigenvalue weighted by Gasteiger charge is -2.25. The number of H-pyrrole nitrogens is 2. The number of aliphatic hydroxyl groups excluding tert-OH is 1. The number of phosphoric acid groups is 1. The highest BCUT2D eigenvalue weighted by atomic mass is 31.2. The molecule has 0 bridgehead atoms. The Morgan fingerprint density at radius 3 is 2.20 bits per heavy atom. The first kappa shape index (κ1) is 41.9. The van der Waals surface area contributed by atoms with Gasteiger partial charge in [0.25, 0.3) is 16.8 Å². The Hall–Kier alpha value is -5.27. The maximum Gasteiger partial charge on any atom is 0.508 e. The van der Waals surface area contributed by atoms with Crippen molar-refractivity contribution in [1.29, 1.82) is 5.26 Å². The van der Waals surface area contributed by atoms with E-state index in [1.54, 1.807) is 13.0 Å². The van der Waals surface area contributed by atoms with Crippen LogP contribution >= 0.6 is 7.82 Å². The summed E-state index contributed by atoms with van der Waals surface area (Å²) in [5.74, 6) is -0.624. The van der Waals surface area contributed by atoms with Gasteiger partial charge >= 0.3 is 25.4 Å². The number of ether oxygens (including phenoxy) is 4. The Kier molecular flexibility index (Phi) is 13.6. The van der Waals surface area contributed by atoms with Crippen molar-refractivity contribution in [3.8, 4) is 6.07 Å². The molecule has 4 heterocycles. The molecule has 2 aliphatic rings. The number of aliphatic hydroxyl groups is 1. The van der Waals surface area contributed by atoms with E-state index in [2.05, 4.69) is 9.97 Å². The zero-order valence-electron chi connectivity index (χ0n) is 30.3. The van der Waals surface area contributed by atoms with Gasteiger partial charge in [-0.15, -0.1) is 0 Å². The van der Waals surface area contributed by atoms with Crippen LogP contribution in [0.25, 0.3) is 0 Å². The maximum absolute atomic E-state index is 14.1. The fourth-order valence-electron chi connectivity index (χ4n) is 6.03. The molecular formula is C33H39N6O16P. The first-order valence-electron chi connectivity index (χ1n) is 17.2. The molecule has 0 radical (unpaired) electrons. The van der Waals surface area contributed by atoms with E-state index in [-0.39, 0.29) is 42.7 Å². The second-order valence-corrected chi connectivity index (χ2v) is 14.6. The number of aryl methyl sites for hydroxylation is 2. The highest BCUT2D eigenvalue weighted by Gasteiger charge is 2.46. The van der Waals surface area contributed by atoms with Crippen LogP contribution in [0.1, 0.15) is 61.3 Å². The Balaban J connectivity index is 1.34. The fraction of sp³-hybridized carbons (Fsp3) is 0.515. The van der Waals surface area contributed by atoms with Crippen molar-refractivity contribution in [2.24, 2.45) is 0 Å². The second kappa shape index (κ2) is 18.1. The maximum atomic E-state index is 14.1. The number of nitriles is 1. The van der Waals surface area contributed by atoms with E-state index in [1.165, 1.54) is 44.4 Å². The number of hydrogen-bond acceptors (Lipinski definition) is 17. The van der Waals surface area contributed by atoms with Crippen molar-refractivity contribution in [3.05, 3.63) is 105 Å². The zero-order chi connectivity index (χ0) is 40.7. The number of nitro benzene ring substituents is 1. The molecule has 56 heavy (non-hydrogen) atoms. The van der Waals surface area contributed by atoms with Crippen molar-refractivity contribution in [2.75, 3.05) is 26.4 Å². The summed E-state index contributed by atoms with van der Waals surface area (Å²) in [6.07, 6.45) is -6.50. The average Bonchev–Trinajstić information content (AvgIpc) is 3.75. The monoisotopic (exact) mass is 806 g/mol. The van der Waals surface area contributed by atoms with Gasteiger partial charge in [-0.25, -0.2) is 18.9 Å². The van der Waals surface area contributed by atoms with Crippen LogP contribution < -0.4 is 22.5 Å². The van der Waals surface area contributed by atoms with E-state index in [0.717, 1.165) is 9.13 Å². The standard InChI is InChI=1S/C33H39N6O16P/c1-18-13-37(31(43)35-29(18)41)27-11-23(54-33(45)49-16-20(3)21-7-4-5-8-22(21)39(46)47)26(53-27)17-51-56(48,50-10-6-9-34)55-24-12-28(52-25(24)15-40)38-14-19(2)30(42)36-32(38)44/h4-5,7-8,13-14,20,23-28,40H,6,10-12,15-17H2,1-3H3,(H,35,41,43)(H,36,42,44)/t20?,23-,24-,25+,26+,27+,28+,56?/m0/s1. The number of aromatic nitrogens is 4. The predicted octanol–water partition coefficient (Wildman–Crippen LogP) is 1.94. The summed E-state index contributed by atoms with van der Waals surface area (Å²) in [7, 11) is -4.71. The Labute approximate surface area is 316 Å². The predicted molar refractivity (Wildman–Crippen MR) is 189 cm³/mol. The molecule has 22 nitrogen and oxygen atoms in total. The van der Waals surface area contributed by atoms with Gasteiger partial charge in [-0.2, -0.15) is 5.26 Å². The van der Waals surface area contributed by atoms with Crippen LogP contribution in [0, 0.1) is 35.3 Å². The Morgan fingerprint density at radius 1 is 1.02 bits per heavy atom.